The van der Waals surface area contributed by atoms with Crippen molar-refractivity contribution in [2.24, 2.45) is 0 Å². The quantitative estimate of drug-likeness (QED) is 0.287. The standard InChI is InChI=1S/C28H22Cl2N4O/c1-17(2)25-26(30)23-12-20(8-9-24(23)34-27(25)18-13-32-16-33-14-18)28(35,21-6-4-10-31-15-21)19-5-3-7-22(29)11-19/h3-17,35H,1-2H3. The lowest BCUT2D eigenvalue weighted by atomic mass is 9.80. The van der Waals surface area contributed by atoms with E-state index < -0.39 is 5.60 Å². The van der Waals surface area contributed by atoms with Crippen molar-refractivity contribution in [3.05, 3.63) is 118 Å². The number of hydrogen-bond donors (Lipinski definition) is 1. The molecule has 0 aliphatic rings. The van der Waals surface area contributed by atoms with Crippen molar-refractivity contribution >= 4 is 34.1 Å². The minimum Gasteiger partial charge on any atom is -0.376 e. The van der Waals surface area contributed by atoms with Crippen LogP contribution in [0.3, 0.4) is 0 Å². The Morgan fingerprint density at radius 1 is 0.829 bits per heavy atom. The molecule has 174 valence electrons. The number of fused-ring (bicyclic) bond motifs is 1. The van der Waals surface area contributed by atoms with Crippen molar-refractivity contribution in [1.82, 2.24) is 19.9 Å². The van der Waals surface area contributed by atoms with E-state index in [-0.39, 0.29) is 5.92 Å². The second-order valence-electron chi connectivity index (χ2n) is 8.66. The van der Waals surface area contributed by atoms with Crippen LogP contribution >= 0.6 is 23.2 Å². The Labute approximate surface area is 213 Å². The molecule has 0 saturated carbocycles. The Hall–Kier alpha value is -3.38. The van der Waals surface area contributed by atoms with Crippen molar-refractivity contribution in [3.63, 3.8) is 0 Å². The fourth-order valence-electron chi connectivity index (χ4n) is 4.42. The maximum absolute atomic E-state index is 12.2. The molecule has 0 amide bonds. The zero-order chi connectivity index (χ0) is 24.6. The number of hydrogen-bond acceptors (Lipinski definition) is 5. The van der Waals surface area contributed by atoms with E-state index in [0.29, 0.717) is 32.3 Å². The van der Waals surface area contributed by atoms with Gasteiger partial charge in [-0.05, 0) is 47.4 Å². The monoisotopic (exact) mass is 500 g/mol. The fourth-order valence-corrected chi connectivity index (χ4v) is 5.07. The number of rotatable bonds is 5. The summed E-state index contributed by atoms with van der Waals surface area (Å²) in [6.07, 6.45) is 8.29. The van der Waals surface area contributed by atoms with Gasteiger partial charge in [0.1, 0.15) is 11.9 Å². The summed E-state index contributed by atoms with van der Waals surface area (Å²) in [6.45, 7) is 4.15. The molecule has 0 aliphatic heterocycles. The average Bonchev–Trinajstić information content (AvgIpc) is 2.88. The first-order valence-electron chi connectivity index (χ1n) is 11.2. The zero-order valence-corrected chi connectivity index (χ0v) is 20.7. The van der Waals surface area contributed by atoms with Crippen LogP contribution in [0, 0.1) is 0 Å². The van der Waals surface area contributed by atoms with E-state index in [2.05, 4.69) is 28.8 Å². The summed E-state index contributed by atoms with van der Waals surface area (Å²) in [6, 6.07) is 16.5. The predicted octanol–water partition coefficient (Wildman–Crippen LogP) is 6.80. The molecule has 1 atom stereocenters. The van der Waals surface area contributed by atoms with E-state index in [0.717, 1.165) is 22.2 Å². The fraction of sp³-hybridized carbons (Fsp3) is 0.143. The van der Waals surface area contributed by atoms with Crippen LogP contribution in [0.25, 0.3) is 22.2 Å². The third-order valence-corrected chi connectivity index (χ3v) is 6.75. The topological polar surface area (TPSA) is 71.8 Å². The van der Waals surface area contributed by atoms with Gasteiger partial charge in [0.2, 0.25) is 0 Å². The largest absolute Gasteiger partial charge is 0.376 e. The minimum absolute atomic E-state index is 0.100. The number of pyridine rings is 2. The Kier molecular flexibility index (Phi) is 6.24. The van der Waals surface area contributed by atoms with Gasteiger partial charge in [-0.3, -0.25) is 4.98 Å². The van der Waals surface area contributed by atoms with E-state index in [1.54, 1.807) is 43.0 Å². The average molecular weight is 501 g/mol. The molecule has 3 heterocycles. The summed E-state index contributed by atoms with van der Waals surface area (Å²) < 4.78 is 0. The summed E-state index contributed by atoms with van der Waals surface area (Å²) in [7, 11) is 0. The summed E-state index contributed by atoms with van der Waals surface area (Å²) >= 11 is 13.3. The lowest BCUT2D eigenvalue weighted by Gasteiger charge is -2.30. The van der Waals surface area contributed by atoms with Gasteiger partial charge in [0.05, 0.1) is 16.2 Å². The van der Waals surface area contributed by atoms with Gasteiger partial charge in [0.25, 0.3) is 0 Å². The SMILES string of the molecule is CC(C)c1c(-c2cncnc2)nc2ccc(C(O)(c3cccnc3)c3cccc(Cl)c3)cc2c1Cl. The first-order valence-corrected chi connectivity index (χ1v) is 11.9. The molecular weight excluding hydrogens is 479 g/mol. The van der Waals surface area contributed by atoms with E-state index in [4.69, 9.17) is 28.2 Å². The molecule has 0 saturated heterocycles. The van der Waals surface area contributed by atoms with Crippen LogP contribution in [0.15, 0.2) is 85.7 Å². The molecule has 1 unspecified atom stereocenters. The first-order chi connectivity index (χ1) is 16.9. The molecule has 5 rings (SSSR count). The smallest absolute Gasteiger partial charge is 0.142 e. The summed E-state index contributed by atoms with van der Waals surface area (Å²) in [5, 5.41) is 14.1. The third kappa shape index (κ3) is 4.16. The van der Waals surface area contributed by atoms with Gasteiger partial charge < -0.3 is 5.11 Å². The first kappa shape index (κ1) is 23.4. The van der Waals surface area contributed by atoms with Crippen LogP contribution in [0.1, 0.15) is 42.0 Å². The van der Waals surface area contributed by atoms with Gasteiger partial charge in [-0.25, -0.2) is 15.0 Å². The molecular formula is C28H22Cl2N4O. The molecule has 2 aromatic carbocycles. The highest BCUT2D eigenvalue weighted by Gasteiger charge is 2.35. The van der Waals surface area contributed by atoms with Crippen LogP contribution < -0.4 is 0 Å². The molecule has 5 aromatic rings. The van der Waals surface area contributed by atoms with Crippen molar-refractivity contribution in [2.45, 2.75) is 25.4 Å². The molecule has 0 radical (unpaired) electrons. The number of halogens is 2. The Morgan fingerprint density at radius 2 is 1.57 bits per heavy atom. The lowest BCUT2D eigenvalue weighted by molar-refractivity contribution is 0.125. The van der Waals surface area contributed by atoms with Crippen molar-refractivity contribution in [1.29, 1.82) is 0 Å². The zero-order valence-electron chi connectivity index (χ0n) is 19.2. The minimum atomic E-state index is -1.50. The van der Waals surface area contributed by atoms with Crippen LogP contribution in [-0.2, 0) is 5.60 Å². The van der Waals surface area contributed by atoms with E-state index in [1.807, 2.05) is 36.4 Å². The highest BCUT2D eigenvalue weighted by molar-refractivity contribution is 6.36. The van der Waals surface area contributed by atoms with Gasteiger partial charge in [-0.1, -0.05) is 61.3 Å². The predicted molar refractivity (Wildman–Crippen MR) is 140 cm³/mol. The second-order valence-corrected chi connectivity index (χ2v) is 9.48. The normalized spacial score (nSPS) is 13.2. The van der Waals surface area contributed by atoms with Gasteiger partial charge in [0, 0.05) is 51.9 Å². The molecule has 0 bridgehead atoms. The molecule has 1 N–H and O–H groups in total. The summed E-state index contributed by atoms with van der Waals surface area (Å²) in [5.74, 6) is 0.100. The Morgan fingerprint density at radius 3 is 2.26 bits per heavy atom. The van der Waals surface area contributed by atoms with E-state index >= 15 is 0 Å². The number of aliphatic hydroxyl groups is 1. The Bertz CT molecular complexity index is 1510. The lowest BCUT2D eigenvalue weighted by Crippen LogP contribution is -2.29. The van der Waals surface area contributed by atoms with Crippen LogP contribution in [0.5, 0.6) is 0 Å². The molecule has 35 heavy (non-hydrogen) atoms. The molecule has 0 fully saturated rings. The summed E-state index contributed by atoms with van der Waals surface area (Å²) in [4.78, 5) is 17.5. The van der Waals surface area contributed by atoms with E-state index in [9.17, 15) is 5.11 Å². The highest BCUT2D eigenvalue weighted by atomic mass is 35.5. The van der Waals surface area contributed by atoms with Crippen molar-refractivity contribution in [3.8, 4) is 11.3 Å². The maximum atomic E-state index is 12.2. The maximum Gasteiger partial charge on any atom is 0.142 e. The molecule has 0 aliphatic carbocycles. The molecule has 7 heteroatoms. The number of benzene rings is 2. The van der Waals surface area contributed by atoms with Crippen molar-refractivity contribution in [2.75, 3.05) is 0 Å². The second kappa shape index (κ2) is 9.34. The van der Waals surface area contributed by atoms with Gasteiger partial charge in [-0.15, -0.1) is 0 Å². The van der Waals surface area contributed by atoms with Crippen LogP contribution in [0.4, 0.5) is 0 Å². The van der Waals surface area contributed by atoms with Gasteiger partial charge in [-0.2, -0.15) is 0 Å². The number of aromatic nitrogens is 4. The van der Waals surface area contributed by atoms with Crippen molar-refractivity contribution < 1.29 is 5.11 Å². The Balaban J connectivity index is 1.78. The molecule has 5 nitrogen and oxygen atoms in total. The molecule has 0 spiro atoms. The van der Waals surface area contributed by atoms with E-state index in [1.165, 1.54) is 6.33 Å². The van der Waals surface area contributed by atoms with Crippen LogP contribution in [0.2, 0.25) is 10.0 Å². The summed E-state index contributed by atoms with van der Waals surface area (Å²) in [5.41, 5.74) is 3.55. The third-order valence-electron chi connectivity index (χ3n) is 6.11. The highest BCUT2D eigenvalue weighted by Crippen LogP contribution is 2.42. The van der Waals surface area contributed by atoms with Gasteiger partial charge >= 0.3 is 0 Å². The van der Waals surface area contributed by atoms with Gasteiger partial charge in [0.15, 0.2) is 0 Å². The van der Waals surface area contributed by atoms with Crippen LogP contribution in [-0.4, -0.2) is 25.0 Å². The molecule has 3 aromatic heterocycles. The number of nitrogens with zero attached hydrogens (tertiary/aromatic N) is 4.